The molecule has 0 saturated carbocycles. The van der Waals surface area contributed by atoms with E-state index in [9.17, 15) is 8.42 Å². The molecule has 0 bridgehead atoms. The number of nitrogens with one attached hydrogen (secondary N) is 1. The lowest BCUT2D eigenvalue weighted by atomic mass is 10.1. The fourth-order valence-corrected chi connectivity index (χ4v) is 4.39. The Morgan fingerprint density at radius 1 is 1.07 bits per heavy atom. The van der Waals surface area contributed by atoms with Crippen LogP contribution in [-0.2, 0) is 16.6 Å². The van der Waals surface area contributed by atoms with Crippen molar-refractivity contribution in [1.82, 2.24) is 24.5 Å². The zero-order chi connectivity index (χ0) is 20.3. The van der Waals surface area contributed by atoms with Gasteiger partial charge in [0.25, 0.3) is 0 Å². The fraction of sp³-hybridized carbons (Fsp3) is 0.350. The molecular formula is C20H24N6O2S. The second-order valence-corrected chi connectivity index (χ2v) is 8.88. The van der Waals surface area contributed by atoms with E-state index in [0.29, 0.717) is 11.6 Å². The summed E-state index contributed by atoms with van der Waals surface area (Å²) in [6.07, 6.45) is 6.98. The van der Waals surface area contributed by atoms with Gasteiger partial charge in [-0.05, 0) is 62.6 Å². The Bertz CT molecular complexity index is 1060. The number of rotatable bonds is 6. The predicted octanol–water partition coefficient (Wildman–Crippen LogP) is 2.44. The third kappa shape index (κ3) is 4.63. The minimum Gasteiger partial charge on any atom is -0.341 e. The molecule has 1 aliphatic heterocycles. The fourth-order valence-electron chi connectivity index (χ4n) is 3.39. The van der Waals surface area contributed by atoms with Crippen LogP contribution in [0.15, 0.2) is 53.7 Å². The van der Waals surface area contributed by atoms with E-state index in [2.05, 4.69) is 24.7 Å². The highest BCUT2D eigenvalue weighted by Gasteiger charge is 2.17. The van der Waals surface area contributed by atoms with Gasteiger partial charge in [-0.25, -0.2) is 27.8 Å². The number of hydrogen-bond acceptors (Lipinski definition) is 6. The summed E-state index contributed by atoms with van der Waals surface area (Å²) in [5.41, 5.74) is 2.29. The normalized spacial score (nSPS) is 14.9. The SMILES string of the molecule is Cc1cc(CNS(=O)(=O)c2ccc(-n3cccn3)cc2)nc(N2CCCCC2)n1. The number of aromatic nitrogens is 4. The topological polar surface area (TPSA) is 93.0 Å². The van der Waals surface area contributed by atoms with Gasteiger partial charge >= 0.3 is 0 Å². The third-order valence-corrected chi connectivity index (χ3v) is 6.31. The first-order chi connectivity index (χ1) is 14.0. The van der Waals surface area contributed by atoms with Gasteiger partial charge in [-0.3, -0.25) is 0 Å². The lowest BCUT2D eigenvalue weighted by molar-refractivity contribution is 0.565. The lowest BCUT2D eigenvalue weighted by Crippen LogP contribution is -2.32. The minimum absolute atomic E-state index is 0.118. The second kappa shape index (κ2) is 8.30. The Hall–Kier alpha value is -2.78. The molecule has 29 heavy (non-hydrogen) atoms. The maximum atomic E-state index is 12.7. The zero-order valence-electron chi connectivity index (χ0n) is 16.3. The van der Waals surface area contributed by atoms with Gasteiger partial charge in [0.15, 0.2) is 0 Å². The molecule has 3 aromatic rings. The first kappa shape index (κ1) is 19.5. The van der Waals surface area contributed by atoms with Gasteiger partial charge in [0, 0.05) is 31.2 Å². The quantitative estimate of drug-likeness (QED) is 0.668. The van der Waals surface area contributed by atoms with E-state index >= 15 is 0 Å². The summed E-state index contributed by atoms with van der Waals surface area (Å²) in [7, 11) is -3.65. The Morgan fingerprint density at radius 2 is 1.83 bits per heavy atom. The summed E-state index contributed by atoms with van der Waals surface area (Å²) < 4.78 is 29.7. The number of hydrogen-bond donors (Lipinski definition) is 1. The van der Waals surface area contributed by atoms with Gasteiger partial charge in [-0.1, -0.05) is 0 Å². The molecule has 2 aromatic heterocycles. The Morgan fingerprint density at radius 3 is 2.52 bits per heavy atom. The van der Waals surface area contributed by atoms with Gasteiger partial charge < -0.3 is 4.90 Å². The summed E-state index contributed by atoms with van der Waals surface area (Å²) in [5, 5.41) is 4.14. The van der Waals surface area contributed by atoms with E-state index in [1.165, 1.54) is 6.42 Å². The van der Waals surface area contributed by atoms with Crippen molar-refractivity contribution in [3.05, 3.63) is 60.2 Å². The molecule has 3 heterocycles. The van der Waals surface area contributed by atoms with Gasteiger partial charge in [-0.15, -0.1) is 0 Å². The van der Waals surface area contributed by atoms with Crippen LogP contribution in [0.3, 0.4) is 0 Å². The summed E-state index contributed by atoms with van der Waals surface area (Å²) in [6.45, 7) is 3.91. The van der Waals surface area contributed by atoms with Gasteiger partial charge in [-0.2, -0.15) is 5.10 Å². The van der Waals surface area contributed by atoms with E-state index in [1.54, 1.807) is 41.3 Å². The van der Waals surface area contributed by atoms with Crippen molar-refractivity contribution in [2.75, 3.05) is 18.0 Å². The van der Waals surface area contributed by atoms with Gasteiger partial charge in [0.05, 0.1) is 22.8 Å². The van der Waals surface area contributed by atoms with Gasteiger partial charge in [0.2, 0.25) is 16.0 Å². The Labute approximate surface area is 170 Å². The largest absolute Gasteiger partial charge is 0.341 e. The maximum Gasteiger partial charge on any atom is 0.240 e. The van der Waals surface area contributed by atoms with Crippen LogP contribution in [0.1, 0.15) is 30.7 Å². The molecular weight excluding hydrogens is 388 g/mol. The van der Waals surface area contributed by atoms with Crippen LogP contribution in [0.5, 0.6) is 0 Å². The zero-order valence-corrected chi connectivity index (χ0v) is 17.1. The number of aryl methyl sites for hydroxylation is 1. The van der Waals surface area contributed by atoms with E-state index in [1.807, 2.05) is 19.1 Å². The average molecular weight is 413 g/mol. The molecule has 0 unspecified atom stereocenters. The van der Waals surface area contributed by atoms with Crippen molar-refractivity contribution in [1.29, 1.82) is 0 Å². The number of nitrogens with zero attached hydrogens (tertiary/aromatic N) is 5. The summed E-state index contributed by atoms with van der Waals surface area (Å²) in [5.74, 6) is 0.683. The lowest BCUT2D eigenvalue weighted by Gasteiger charge is -2.27. The number of piperidine rings is 1. The molecule has 0 aliphatic carbocycles. The highest BCUT2D eigenvalue weighted by atomic mass is 32.2. The van der Waals surface area contributed by atoms with Crippen molar-refractivity contribution in [3.8, 4) is 5.69 Å². The van der Waals surface area contributed by atoms with Crippen LogP contribution in [-0.4, -0.2) is 41.3 Å². The molecule has 152 valence electrons. The minimum atomic E-state index is -3.65. The van der Waals surface area contributed by atoms with Crippen molar-refractivity contribution in [2.45, 2.75) is 37.6 Å². The highest BCUT2D eigenvalue weighted by Crippen LogP contribution is 2.17. The Kier molecular flexibility index (Phi) is 5.59. The van der Waals surface area contributed by atoms with E-state index in [4.69, 9.17) is 0 Å². The molecule has 1 aromatic carbocycles. The summed E-state index contributed by atoms with van der Waals surface area (Å²) in [4.78, 5) is 11.5. The van der Waals surface area contributed by atoms with Crippen LogP contribution in [0.4, 0.5) is 5.95 Å². The predicted molar refractivity (Wildman–Crippen MR) is 110 cm³/mol. The number of anilines is 1. The third-order valence-electron chi connectivity index (χ3n) is 4.89. The van der Waals surface area contributed by atoms with E-state index < -0.39 is 10.0 Å². The molecule has 4 rings (SSSR count). The van der Waals surface area contributed by atoms with Crippen LogP contribution in [0, 0.1) is 6.92 Å². The molecule has 0 radical (unpaired) electrons. The monoisotopic (exact) mass is 412 g/mol. The first-order valence-corrected chi connectivity index (χ1v) is 11.2. The molecule has 1 aliphatic rings. The molecule has 9 heteroatoms. The van der Waals surface area contributed by atoms with Crippen LogP contribution in [0.25, 0.3) is 5.69 Å². The second-order valence-electron chi connectivity index (χ2n) is 7.12. The highest BCUT2D eigenvalue weighted by molar-refractivity contribution is 7.89. The van der Waals surface area contributed by atoms with Crippen LogP contribution < -0.4 is 9.62 Å². The van der Waals surface area contributed by atoms with Crippen molar-refractivity contribution in [3.63, 3.8) is 0 Å². The smallest absolute Gasteiger partial charge is 0.240 e. The molecule has 0 spiro atoms. The molecule has 0 amide bonds. The molecule has 1 saturated heterocycles. The van der Waals surface area contributed by atoms with Gasteiger partial charge in [0.1, 0.15) is 0 Å². The van der Waals surface area contributed by atoms with Crippen LogP contribution >= 0.6 is 0 Å². The average Bonchev–Trinajstić information content (AvgIpc) is 3.28. The van der Waals surface area contributed by atoms with Crippen molar-refractivity contribution < 1.29 is 8.42 Å². The van der Waals surface area contributed by atoms with E-state index in [0.717, 1.165) is 37.3 Å². The van der Waals surface area contributed by atoms with Crippen LogP contribution in [0.2, 0.25) is 0 Å². The molecule has 1 N–H and O–H groups in total. The van der Waals surface area contributed by atoms with Crippen molar-refractivity contribution in [2.24, 2.45) is 0 Å². The summed E-state index contributed by atoms with van der Waals surface area (Å²) in [6, 6.07) is 10.2. The number of benzene rings is 1. The standard InChI is InChI=1S/C20H24N6O2S/c1-16-14-17(24-20(23-16)25-11-3-2-4-12-25)15-22-29(27,28)19-8-6-18(7-9-19)26-13-5-10-21-26/h5-10,13-14,22H,2-4,11-12,15H2,1H3. The van der Waals surface area contributed by atoms with E-state index in [-0.39, 0.29) is 11.4 Å². The molecule has 1 fully saturated rings. The number of sulfonamides is 1. The summed E-state index contributed by atoms with van der Waals surface area (Å²) >= 11 is 0. The first-order valence-electron chi connectivity index (χ1n) is 9.70. The Balaban J connectivity index is 1.47. The maximum absolute atomic E-state index is 12.7. The molecule has 8 nitrogen and oxygen atoms in total. The molecule has 0 atom stereocenters. The van der Waals surface area contributed by atoms with Crippen molar-refractivity contribution >= 4 is 16.0 Å².